The van der Waals surface area contributed by atoms with Gasteiger partial charge in [-0.2, -0.15) is 15.5 Å². The van der Waals surface area contributed by atoms with E-state index in [1.807, 2.05) is 12.3 Å². The molecule has 3 atom stereocenters. The maximum Gasteiger partial charge on any atom is 0.176 e. The van der Waals surface area contributed by atoms with E-state index in [0.29, 0.717) is 28.8 Å². The normalized spacial score (nSPS) is 20.8. The number of fused-ring (bicyclic) bond motifs is 2. The lowest BCUT2D eigenvalue weighted by Crippen LogP contribution is -2.52. The zero-order chi connectivity index (χ0) is 31.0. The number of aliphatic hydroxyl groups is 1. The number of halogens is 1. The summed E-state index contributed by atoms with van der Waals surface area (Å²) < 4.78 is 29.2. The molecule has 12 heteroatoms. The summed E-state index contributed by atoms with van der Waals surface area (Å²) in [5, 5.41) is 31.8. The third kappa shape index (κ3) is 5.57. The van der Waals surface area contributed by atoms with Gasteiger partial charge in [0.15, 0.2) is 29.3 Å². The van der Waals surface area contributed by atoms with Gasteiger partial charge >= 0.3 is 0 Å². The first-order valence-corrected chi connectivity index (χ1v) is 15.1. The van der Waals surface area contributed by atoms with Crippen LogP contribution in [0.3, 0.4) is 0 Å². The molecule has 0 amide bonds. The Morgan fingerprint density at radius 3 is 2.75 bits per heavy atom. The largest absolute Gasteiger partial charge is 0.493 e. The van der Waals surface area contributed by atoms with Gasteiger partial charge in [-0.3, -0.25) is 14.6 Å². The van der Waals surface area contributed by atoms with Crippen LogP contribution in [0, 0.1) is 29.6 Å². The number of rotatable bonds is 8. The number of hydrogen-bond donors (Lipinski definition) is 2. The molecule has 2 aliphatic rings. The number of hydrogen-bond acceptors (Lipinski definition) is 9. The highest BCUT2D eigenvalue weighted by atomic mass is 19.1. The predicted octanol–water partition coefficient (Wildman–Crippen LogP) is 4.04. The van der Waals surface area contributed by atoms with Crippen molar-refractivity contribution < 1.29 is 19.0 Å². The molecule has 5 heterocycles. The van der Waals surface area contributed by atoms with E-state index in [1.165, 1.54) is 17.8 Å². The van der Waals surface area contributed by atoms with Crippen molar-refractivity contribution >= 4 is 5.52 Å². The molecule has 1 aliphatic heterocycles. The highest BCUT2D eigenvalue weighted by Gasteiger charge is 2.40. The Labute approximate surface area is 256 Å². The van der Waals surface area contributed by atoms with Crippen molar-refractivity contribution in [3.63, 3.8) is 0 Å². The molecule has 2 N–H and O–H groups in total. The maximum absolute atomic E-state index is 13.5. The Morgan fingerprint density at radius 1 is 1.20 bits per heavy atom. The molecule has 0 radical (unpaired) electrons. The SMILES string of the molecule is COc1cnn2cc(-c3nn4c(c3C)CCN(C3CCC(NC#N)CC3(C)C)CC4)cc(OC(CO)c3ccc(F)cn3)c12. The molecule has 232 valence electrons. The first-order valence-electron chi connectivity index (χ1n) is 15.1. The number of ether oxygens (including phenoxy) is 2. The number of aromatic nitrogens is 5. The van der Waals surface area contributed by atoms with Gasteiger partial charge in [0, 0.05) is 49.0 Å². The van der Waals surface area contributed by atoms with Gasteiger partial charge < -0.3 is 19.9 Å². The average molecular weight is 603 g/mol. The van der Waals surface area contributed by atoms with Crippen LogP contribution in [0.15, 0.2) is 36.8 Å². The Balaban J connectivity index is 1.28. The van der Waals surface area contributed by atoms with Crippen molar-refractivity contribution in [1.29, 1.82) is 5.26 Å². The lowest BCUT2D eigenvalue weighted by Gasteiger charge is -2.47. The van der Waals surface area contributed by atoms with Crippen molar-refractivity contribution in [2.24, 2.45) is 5.41 Å². The molecular weight excluding hydrogens is 563 g/mol. The smallest absolute Gasteiger partial charge is 0.176 e. The van der Waals surface area contributed by atoms with E-state index in [4.69, 9.17) is 19.8 Å². The summed E-state index contributed by atoms with van der Waals surface area (Å²) >= 11 is 0. The summed E-state index contributed by atoms with van der Waals surface area (Å²) in [7, 11) is 1.57. The molecule has 1 aliphatic carbocycles. The van der Waals surface area contributed by atoms with E-state index in [2.05, 4.69) is 51.9 Å². The Kier molecular flexibility index (Phi) is 8.18. The summed E-state index contributed by atoms with van der Waals surface area (Å²) in [4.78, 5) is 6.73. The van der Waals surface area contributed by atoms with Gasteiger partial charge in [0.1, 0.15) is 5.82 Å². The first-order chi connectivity index (χ1) is 21.2. The number of nitriles is 1. The molecule has 0 aromatic carbocycles. The second kappa shape index (κ2) is 12.1. The fourth-order valence-electron chi connectivity index (χ4n) is 7.12. The van der Waals surface area contributed by atoms with Crippen LogP contribution in [0.1, 0.15) is 56.2 Å². The number of nitrogens with one attached hydrogen (secondary N) is 1. The quantitative estimate of drug-likeness (QED) is 0.227. The maximum atomic E-state index is 13.5. The summed E-state index contributed by atoms with van der Waals surface area (Å²) in [5.74, 6) is 0.502. The molecule has 3 unspecified atom stereocenters. The van der Waals surface area contributed by atoms with Crippen LogP contribution in [0.2, 0.25) is 0 Å². The third-order valence-electron chi connectivity index (χ3n) is 9.28. The Morgan fingerprint density at radius 2 is 2.05 bits per heavy atom. The molecule has 1 fully saturated rings. The summed E-state index contributed by atoms with van der Waals surface area (Å²) in [6.07, 6.45) is 9.87. The molecule has 6 rings (SSSR count). The van der Waals surface area contributed by atoms with E-state index >= 15 is 0 Å². The molecule has 4 aromatic rings. The summed E-state index contributed by atoms with van der Waals surface area (Å²) in [6.45, 7) is 9.04. The minimum Gasteiger partial charge on any atom is -0.493 e. The van der Waals surface area contributed by atoms with Gasteiger partial charge in [-0.1, -0.05) is 13.8 Å². The molecule has 0 bridgehead atoms. The van der Waals surface area contributed by atoms with Gasteiger partial charge in [0.25, 0.3) is 0 Å². The Bertz CT molecular complexity index is 1680. The number of methoxy groups -OCH3 is 1. The molecule has 44 heavy (non-hydrogen) atoms. The number of pyridine rings is 2. The van der Waals surface area contributed by atoms with Crippen LogP contribution >= 0.6 is 0 Å². The van der Waals surface area contributed by atoms with Gasteiger partial charge in [-0.25, -0.2) is 8.91 Å². The highest BCUT2D eigenvalue weighted by molar-refractivity contribution is 5.75. The van der Waals surface area contributed by atoms with Gasteiger partial charge in [0.2, 0.25) is 0 Å². The summed E-state index contributed by atoms with van der Waals surface area (Å²) in [5.41, 5.74) is 5.10. The first kappa shape index (κ1) is 29.8. The van der Waals surface area contributed by atoms with Crippen molar-refractivity contribution in [3.05, 3.63) is 59.6 Å². The lowest BCUT2D eigenvalue weighted by molar-refractivity contribution is 0.0389. The number of nitrogens with zero attached hydrogens (tertiary/aromatic N) is 7. The predicted molar refractivity (Wildman–Crippen MR) is 162 cm³/mol. The fraction of sp³-hybridized carbons (Fsp3) is 0.500. The lowest BCUT2D eigenvalue weighted by atomic mass is 9.70. The third-order valence-corrected chi connectivity index (χ3v) is 9.28. The molecule has 4 aromatic heterocycles. The Hall–Kier alpha value is -4.21. The monoisotopic (exact) mass is 602 g/mol. The fourth-order valence-corrected chi connectivity index (χ4v) is 7.12. The van der Waals surface area contributed by atoms with E-state index in [1.54, 1.807) is 17.8 Å². The topological polar surface area (TPSA) is 126 Å². The zero-order valence-electron chi connectivity index (χ0n) is 25.6. The summed E-state index contributed by atoms with van der Waals surface area (Å²) in [6, 6.07) is 5.39. The second-order valence-corrected chi connectivity index (χ2v) is 12.5. The minimum atomic E-state index is -0.824. The minimum absolute atomic E-state index is 0.103. The van der Waals surface area contributed by atoms with Crippen LogP contribution in [-0.4, -0.2) is 73.3 Å². The van der Waals surface area contributed by atoms with E-state index in [9.17, 15) is 9.50 Å². The van der Waals surface area contributed by atoms with Gasteiger partial charge in [-0.15, -0.1) is 0 Å². The highest BCUT2D eigenvalue weighted by Crippen LogP contribution is 2.40. The van der Waals surface area contributed by atoms with E-state index in [-0.39, 0.29) is 18.1 Å². The van der Waals surface area contributed by atoms with Gasteiger partial charge in [0.05, 0.1) is 44.0 Å². The molecule has 0 spiro atoms. The van der Waals surface area contributed by atoms with Crippen LogP contribution < -0.4 is 14.8 Å². The number of aliphatic hydroxyl groups excluding tert-OH is 1. The zero-order valence-corrected chi connectivity index (χ0v) is 25.6. The second-order valence-electron chi connectivity index (χ2n) is 12.5. The molecule has 11 nitrogen and oxygen atoms in total. The van der Waals surface area contributed by atoms with Crippen LogP contribution in [0.25, 0.3) is 16.8 Å². The standard InChI is InChI=1S/C32H39FN8O3/c1-20-25-9-10-39(29-8-6-23(36-19-34)14-32(29,2)3)11-12-40(25)38-30(20)21-13-26(31-27(43-4)16-37-41(31)17-21)44-28(18-42)24-7-5-22(33)15-35-24/h5,7,13,15-17,23,28-29,36,42H,6,8-12,14,18H2,1-4H3. The van der Waals surface area contributed by atoms with Crippen molar-refractivity contribution in [2.45, 2.75) is 71.2 Å². The van der Waals surface area contributed by atoms with Crippen molar-refractivity contribution in [1.82, 2.24) is 34.6 Å². The molecule has 1 saturated carbocycles. The molecule has 0 saturated heterocycles. The average Bonchev–Trinajstić information content (AvgIpc) is 3.49. The molecular formula is C32H39FN8O3. The van der Waals surface area contributed by atoms with E-state index < -0.39 is 11.9 Å². The van der Waals surface area contributed by atoms with E-state index in [0.717, 1.165) is 68.3 Å². The van der Waals surface area contributed by atoms with Crippen molar-refractivity contribution in [3.8, 4) is 28.9 Å². The van der Waals surface area contributed by atoms with Crippen LogP contribution in [0.5, 0.6) is 11.5 Å². The van der Waals surface area contributed by atoms with Crippen LogP contribution in [-0.2, 0) is 13.0 Å². The van der Waals surface area contributed by atoms with Gasteiger partial charge in [-0.05, 0) is 55.4 Å². The van der Waals surface area contributed by atoms with Crippen molar-refractivity contribution in [2.75, 3.05) is 26.8 Å². The van der Waals surface area contributed by atoms with Crippen LogP contribution in [0.4, 0.5) is 4.39 Å².